The second kappa shape index (κ2) is 3.10. The molecule has 3 unspecified atom stereocenters. The van der Waals surface area contributed by atoms with Gasteiger partial charge in [0, 0.05) is 19.1 Å². The fourth-order valence-electron chi connectivity index (χ4n) is 2.49. The molecule has 0 bridgehead atoms. The van der Waals surface area contributed by atoms with Crippen LogP contribution in [0.15, 0.2) is 0 Å². The van der Waals surface area contributed by atoms with Gasteiger partial charge in [-0.05, 0) is 12.3 Å². The van der Waals surface area contributed by atoms with Crippen molar-refractivity contribution in [2.24, 2.45) is 11.3 Å². The molecule has 2 fully saturated rings. The summed E-state index contributed by atoms with van der Waals surface area (Å²) in [5.41, 5.74) is -0.211. The van der Waals surface area contributed by atoms with Crippen molar-refractivity contribution in [1.29, 1.82) is 0 Å². The first-order valence-corrected chi connectivity index (χ1v) is 4.74. The van der Waals surface area contributed by atoms with E-state index in [1.807, 2.05) is 0 Å². The van der Waals surface area contributed by atoms with Crippen LogP contribution in [0.2, 0.25) is 0 Å². The molecule has 0 aromatic heterocycles. The minimum absolute atomic E-state index is 0.0491. The number of hydrogen-bond acceptors (Lipinski definition) is 3. The summed E-state index contributed by atoms with van der Waals surface area (Å²) < 4.78 is 5.24. The largest absolute Gasteiger partial charge is 0.465 e. The number of carbonyl (C=O) groups is 1. The summed E-state index contributed by atoms with van der Waals surface area (Å²) in [5, 5.41) is 18.1. The first-order valence-electron chi connectivity index (χ1n) is 4.74. The maximum atomic E-state index is 10.8. The van der Waals surface area contributed by atoms with Crippen LogP contribution in [0.1, 0.15) is 6.42 Å². The Balaban J connectivity index is 2.10. The number of methoxy groups -OCH3 is 1. The van der Waals surface area contributed by atoms with Gasteiger partial charge >= 0.3 is 6.09 Å². The van der Waals surface area contributed by atoms with Crippen molar-refractivity contribution >= 4 is 6.09 Å². The van der Waals surface area contributed by atoms with Crippen molar-refractivity contribution in [2.45, 2.75) is 12.5 Å². The molecule has 5 heteroatoms. The van der Waals surface area contributed by atoms with Crippen molar-refractivity contribution in [1.82, 2.24) is 4.90 Å². The van der Waals surface area contributed by atoms with Crippen LogP contribution in [0.3, 0.4) is 0 Å². The normalized spacial score (nSPS) is 40.6. The van der Waals surface area contributed by atoms with E-state index in [1.54, 1.807) is 7.11 Å². The van der Waals surface area contributed by atoms with E-state index < -0.39 is 6.09 Å². The summed E-state index contributed by atoms with van der Waals surface area (Å²) in [7, 11) is 1.59. The number of likely N-dealkylation sites (tertiary alicyclic amines) is 1. The lowest BCUT2D eigenvalue weighted by atomic mass is 9.96. The molecule has 1 saturated heterocycles. The van der Waals surface area contributed by atoms with E-state index in [4.69, 9.17) is 9.84 Å². The maximum absolute atomic E-state index is 10.8. The number of carboxylic acid groups (broad SMARTS) is 1. The van der Waals surface area contributed by atoms with Crippen molar-refractivity contribution in [3.63, 3.8) is 0 Å². The number of aliphatic hydroxyl groups is 1. The Hall–Kier alpha value is -0.810. The zero-order valence-corrected chi connectivity index (χ0v) is 8.14. The third-order valence-electron chi connectivity index (χ3n) is 3.50. The first kappa shape index (κ1) is 9.73. The molecule has 1 heterocycles. The topological polar surface area (TPSA) is 70.0 Å². The molecular weight excluding hydrogens is 186 g/mol. The summed E-state index contributed by atoms with van der Waals surface area (Å²) in [4.78, 5) is 12.2. The van der Waals surface area contributed by atoms with Crippen molar-refractivity contribution in [2.75, 3.05) is 26.8 Å². The van der Waals surface area contributed by atoms with Crippen LogP contribution >= 0.6 is 0 Å². The highest BCUT2D eigenvalue weighted by Crippen LogP contribution is 2.57. The Kier molecular flexibility index (Phi) is 2.16. The van der Waals surface area contributed by atoms with E-state index in [9.17, 15) is 9.90 Å². The highest BCUT2D eigenvalue weighted by Gasteiger charge is 2.61. The van der Waals surface area contributed by atoms with Gasteiger partial charge in [-0.3, -0.25) is 0 Å². The highest BCUT2D eigenvalue weighted by molar-refractivity contribution is 5.65. The van der Waals surface area contributed by atoms with Gasteiger partial charge in [0.05, 0.1) is 19.3 Å². The fraction of sp³-hybridized carbons (Fsp3) is 0.889. The Morgan fingerprint density at radius 1 is 1.71 bits per heavy atom. The Labute approximate surface area is 82.3 Å². The molecule has 2 N–H and O–H groups in total. The van der Waals surface area contributed by atoms with Crippen LogP contribution in [-0.2, 0) is 4.74 Å². The summed E-state index contributed by atoms with van der Waals surface area (Å²) in [6.45, 7) is 0.933. The van der Waals surface area contributed by atoms with Crippen LogP contribution in [0.25, 0.3) is 0 Å². The average molecular weight is 201 g/mol. The molecule has 80 valence electrons. The van der Waals surface area contributed by atoms with Crippen LogP contribution < -0.4 is 0 Å². The van der Waals surface area contributed by atoms with E-state index in [0.717, 1.165) is 6.42 Å². The van der Waals surface area contributed by atoms with Crippen molar-refractivity contribution in [3.8, 4) is 0 Å². The van der Waals surface area contributed by atoms with Crippen LogP contribution in [0.4, 0.5) is 4.79 Å². The van der Waals surface area contributed by atoms with Gasteiger partial charge in [0.25, 0.3) is 0 Å². The number of nitrogens with zero attached hydrogens (tertiary/aromatic N) is 1. The average Bonchev–Trinajstić information content (AvgIpc) is 2.91. The van der Waals surface area contributed by atoms with E-state index in [0.29, 0.717) is 19.0 Å². The van der Waals surface area contributed by atoms with Gasteiger partial charge in [-0.25, -0.2) is 4.79 Å². The molecule has 2 rings (SSSR count). The molecule has 5 nitrogen and oxygen atoms in total. The quantitative estimate of drug-likeness (QED) is 0.659. The predicted octanol–water partition coefficient (Wildman–Crippen LogP) is -0.00640. The van der Waals surface area contributed by atoms with Crippen LogP contribution in [0.5, 0.6) is 0 Å². The van der Waals surface area contributed by atoms with Crippen LogP contribution in [0, 0.1) is 11.3 Å². The third-order valence-corrected chi connectivity index (χ3v) is 3.50. The maximum Gasteiger partial charge on any atom is 0.407 e. The number of amides is 1. The second-order valence-electron chi connectivity index (χ2n) is 4.27. The Morgan fingerprint density at radius 3 is 2.93 bits per heavy atom. The van der Waals surface area contributed by atoms with Crippen molar-refractivity contribution < 1.29 is 19.7 Å². The molecule has 2 aliphatic rings. The zero-order chi connectivity index (χ0) is 10.3. The number of hydrogen-bond donors (Lipinski definition) is 2. The van der Waals surface area contributed by atoms with Gasteiger partial charge < -0.3 is 19.8 Å². The Bertz CT molecular complexity index is 257. The van der Waals surface area contributed by atoms with Gasteiger partial charge in [-0.2, -0.15) is 0 Å². The molecule has 1 amide bonds. The number of ether oxygens (including phenoxy) is 1. The summed E-state index contributed by atoms with van der Waals surface area (Å²) in [5.74, 6) is 0.341. The van der Waals surface area contributed by atoms with Gasteiger partial charge in [0.15, 0.2) is 0 Å². The SMILES string of the molecule is COC1CN(C(=O)O)CC2(CO)CC12. The summed E-state index contributed by atoms with van der Waals surface area (Å²) >= 11 is 0. The van der Waals surface area contributed by atoms with E-state index in [2.05, 4.69) is 0 Å². The monoisotopic (exact) mass is 201 g/mol. The predicted molar refractivity (Wildman–Crippen MR) is 48.0 cm³/mol. The highest BCUT2D eigenvalue weighted by atomic mass is 16.5. The molecule has 1 saturated carbocycles. The van der Waals surface area contributed by atoms with Crippen molar-refractivity contribution in [3.05, 3.63) is 0 Å². The van der Waals surface area contributed by atoms with Gasteiger partial charge in [-0.1, -0.05) is 0 Å². The lowest BCUT2D eigenvalue weighted by molar-refractivity contribution is -0.00550. The Morgan fingerprint density at radius 2 is 2.43 bits per heavy atom. The number of rotatable bonds is 2. The smallest absolute Gasteiger partial charge is 0.407 e. The molecule has 1 aliphatic carbocycles. The second-order valence-corrected chi connectivity index (χ2v) is 4.27. The molecule has 1 aliphatic heterocycles. The molecule has 14 heavy (non-hydrogen) atoms. The minimum atomic E-state index is -0.926. The molecule has 0 aromatic carbocycles. The fourth-order valence-corrected chi connectivity index (χ4v) is 2.49. The molecular formula is C9H15NO4. The number of piperidine rings is 1. The van der Waals surface area contributed by atoms with Crippen LogP contribution in [-0.4, -0.2) is 54.1 Å². The summed E-state index contributed by atoms with van der Waals surface area (Å²) in [6, 6.07) is 0. The third kappa shape index (κ3) is 1.27. The molecule has 3 atom stereocenters. The lowest BCUT2D eigenvalue weighted by Gasteiger charge is -2.34. The summed E-state index contributed by atoms with van der Waals surface area (Å²) in [6.07, 6.45) is -0.0941. The molecule has 0 radical (unpaired) electrons. The van der Waals surface area contributed by atoms with Gasteiger partial charge in [0.1, 0.15) is 0 Å². The van der Waals surface area contributed by atoms with Gasteiger partial charge in [0.2, 0.25) is 0 Å². The molecule has 0 aromatic rings. The van der Waals surface area contributed by atoms with E-state index in [1.165, 1.54) is 4.90 Å². The van der Waals surface area contributed by atoms with Gasteiger partial charge in [-0.15, -0.1) is 0 Å². The lowest BCUT2D eigenvalue weighted by Crippen LogP contribution is -2.48. The zero-order valence-electron chi connectivity index (χ0n) is 8.14. The standard InChI is InChI=1S/C9H15NO4/c1-14-7-3-10(8(12)13)4-9(5-11)2-6(7)9/h6-7,11H,2-5H2,1H3,(H,12,13). The number of fused-ring (bicyclic) bond motifs is 1. The minimum Gasteiger partial charge on any atom is -0.465 e. The number of aliphatic hydroxyl groups excluding tert-OH is 1. The van der Waals surface area contributed by atoms with E-state index >= 15 is 0 Å². The molecule has 0 spiro atoms. The first-order chi connectivity index (χ1) is 6.63. The van der Waals surface area contributed by atoms with E-state index in [-0.39, 0.29) is 18.1 Å².